The van der Waals surface area contributed by atoms with Crippen LogP contribution in [-0.4, -0.2) is 17.9 Å². The zero-order valence-corrected chi connectivity index (χ0v) is 13.8. The first-order valence-electron chi connectivity index (χ1n) is 8.40. The second-order valence-corrected chi connectivity index (χ2v) is 5.97. The summed E-state index contributed by atoms with van der Waals surface area (Å²) in [6, 6.07) is 10.9. The molecular weight excluding hydrogens is 304 g/mol. The molecule has 0 bridgehead atoms. The molecule has 2 amide bonds. The van der Waals surface area contributed by atoms with Crippen molar-refractivity contribution in [3.63, 3.8) is 0 Å². The highest BCUT2D eigenvalue weighted by atomic mass is 16.3. The molecule has 0 fully saturated rings. The van der Waals surface area contributed by atoms with Crippen molar-refractivity contribution in [2.75, 3.05) is 4.90 Å². The predicted octanol–water partition coefficient (Wildman–Crippen LogP) is 3.04. The number of hydrogen-bond donors (Lipinski definition) is 1. The molecule has 1 aliphatic rings. The minimum Gasteiger partial charge on any atom is -0.467 e. The summed E-state index contributed by atoms with van der Waals surface area (Å²) in [7, 11) is 0. The number of amides is 2. The highest BCUT2D eigenvalue weighted by molar-refractivity contribution is 6.01. The van der Waals surface area contributed by atoms with E-state index in [4.69, 9.17) is 4.42 Å². The average molecular weight is 326 g/mol. The summed E-state index contributed by atoms with van der Waals surface area (Å²) in [6.45, 7) is 2.25. The largest absolute Gasteiger partial charge is 0.467 e. The SMILES string of the molecule is CC[C@@H](C(=O)NCc1ccco1)N1C(=O)CCCc2ccccc21. The first kappa shape index (κ1) is 16.3. The van der Waals surface area contributed by atoms with Gasteiger partial charge in [0, 0.05) is 12.1 Å². The molecule has 1 aromatic carbocycles. The van der Waals surface area contributed by atoms with Crippen LogP contribution in [0.25, 0.3) is 0 Å². The van der Waals surface area contributed by atoms with Gasteiger partial charge < -0.3 is 9.73 Å². The maximum absolute atomic E-state index is 12.7. The fourth-order valence-corrected chi connectivity index (χ4v) is 3.17. The molecule has 2 aromatic rings. The van der Waals surface area contributed by atoms with Crippen molar-refractivity contribution in [3.8, 4) is 0 Å². The number of carbonyl (C=O) groups excluding carboxylic acids is 2. The average Bonchev–Trinajstić information content (AvgIpc) is 3.06. The number of hydrogen-bond acceptors (Lipinski definition) is 3. The maximum atomic E-state index is 12.7. The van der Waals surface area contributed by atoms with Gasteiger partial charge in [-0.05, 0) is 43.0 Å². The lowest BCUT2D eigenvalue weighted by Crippen LogP contribution is -2.49. The van der Waals surface area contributed by atoms with Crippen LogP contribution in [0.2, 0.25) is 0 Å². The van der Waals surface area contributed by atoms with Crippen LogP contribution in [0.4, 0.5) is 5.69 Å². The van der Waals surface area contributed by atoms with Crippen molar-refractivity contribution in [1.29, 1.82) is 0 Å². The number of aryl methyl sites for hydroxylation is 1. The van der Waals surface area contributed by atoms with Gasteiger partial charge in [-0.15, -0.1) is 0 Å². The van der Waals surface area contributed by atoms with E-state index in [1.165, 1.54) is 0 Å². The summed E-state index contributed by atoms with van der Waals surface area (Å²) in [5.74, 6) is 0.555. The van der Waals surface area contributed by atoms with E-state index in [9.17, 15) is 9.59 Å². The number of benzene rings is 1. The second kappa shape index (κ2) is 7.34. The van der Waals surface area contributed by atoms with Crippen molar-refractivity contribution in [1.82, 2.24) is 5.32 Å². The monoisotopic (exact) mass is 326 g/mol. The smallest absolute Gasteiger partial charge is 0.243 e. The molecule has 0 unspecified atom stereocenters. The Hall–Kier alpha value is -2.56. The van der Waals surface area contributed by atoms with Gasteiger partial charge in [-0.1, -0.05) is 25.1 Å². The fraction of sp³-hybridized carbons (Fsp3) is 0.368. The van der Waals surface area contributed by atoms with Gasteiger partial charge in [0.1, 0.15) is 11.8 Å². The molecule has 3 rings (SSSR count). The van der Waals surface area contributed by atoms with Gasteiger partial charge in [0.2, 0.25) is 11.8 Å². The third-order valence-electron chi connectivity index (χ3n) is 4.37. The van der Waals surface area contributed by atoms with Gasteiger partial charge in [0.05, 0.1) is 12.8 Å². The fourth-order valence-electron chi connectivity index (χ4n) is 3.17. The van der Waals surface area contributed by atoms with Crippen molar-refractivity contribution >= 4 is 17.5 Å². The number of nitrogens with zero attached hydrogens (tertiary/aromatic N) is 1. The van der Waals surface area contributed by atoms with E-state index in [0.717, 1.165) is 24.1 Å². The standard InChI is InChI=1S/C19H22N2O3/c1-2-16(19(23)20-13-15-9-6-12-24-15)21-17-10-4-3-7-14(17)8-5-11-18(21)22/h3-4,6-7,9-10,12,16H,2,5,8,11,13H2,1H3,(H,20,23)/t16-/m0/s1. The number of rotatable bonds is 5. The van der Waals surface area contributed by atoms with E-state index in [1.807, 2.05) is 37.3 Å². The van der Waals surface area contributed by atoms with E-state index >= 15 is 0 Å². The number of fused-ring (bicyclic) bond motifs is 1. The van der Waals surface area contributed by atoms with Crippen LogP contribution in [0.3, 0.4) is 0 Å². The third kappa shape index (κ3) is 3.35. The van der Waals surface area contributed by atoms with Gasteiger partial charge >= 0.3 is 0 Å². The van der Waals surface area contributed by atoms with Crippen molar-refractivity contribution < 1.29 is 14.0 Å². The summed E-state index contributed by atoms with van der Waals surface area (Å²) in [5.41, 5.74) is 1.99. The minimum absolute atomic E-state index is 0.0138. The lowest BCUT2D eigenvalue weighted by Gasteiger charge is -2.30. The molecule has 126 valence electrons. The first-order chi connectivity index (χ1) is 11.7. The van der Waals surface area contributed by atoms with Crippen LogP contribution in [0.15, 0.2) is 47.1 Å². The van der Waals surface area contributed by atoms with Crippen molar-refractivity contribution in [2.45, 2.75) is 45.2 Å². The Bertz CT molecular complexity index is 709. The Balaban J connectivity index is 1.82. The molecule has 0 saturated heterocycles. The molecule has 2 heterocycles. The molecule has 5 heteroatoms. The van der Waals surface area contributed by atoms with Crippen LogP contribution in [0.5, 0.6) is 0 Å². The molecule has 24 heavy (non-hydrogen) atoms. The number of carbonyl (C=O) groups is 2. The molecule has 0 spiro atoms. The lowest BCUT2D eigenvalue weighted by molar-refractivity contribution is -0.126. The summed E-state index contributed by atoms with van der Waals surface area (Å²) in [4.78, 5) is 27.0. The number of para-hydroxylation sites is 1. The van der Waals surface area contributed by atoms with Crippen LogP contribution >= 0.6 is 0 Å². The lowest BCUT2D eigenvalue weighted by atomic mass is 10.1. The number of nitrogens with one attached hydrogen (secondary N) is 1. The van der Waals surface area contributed by atoms with Gasteiger partial charge in [-0.3, -0.25) is 14.5 Å². The van der Waals surface area contributed by atoms with E-state index < -0.39 is 6.04 Å². The van der Waals surface area contributed by atoms with Gasteiger partial charge in [-0.25, -0.2) is 0 Å². The van der Waals surface area contributed by atoms with Crippen LogP contribution < -0.4 is 10.2 Å². The summed E-state index contributed by atoms with van der Waals surface area (Å²) >= 11 is 0. The molecular formula is C19H22N2O3. The topological polar surface area (TPSA) is 62.6 Å². The van der Waals surface area contributed by atoms with Crippen molar-refractivity contribution in [2.24, 2.45) is 0 Å². The molecule has 0 saturated carbocycles. The molecule has 0 aliphatic carbocycles. The van der Waals surface area contributed by atoms with E-state index in [2.05, 4.69) is 5.32 Å². The van der Waals surface area contributed by atoms with Gasteiger partial charge in [0.25, 0.3) is 0 Å². The normalized spacial score (nSPS) is 15.5. The third-order valence-corrected chi connectivity index (χ3v) is 4.37. The Morgan fingerprint density at radius 2 is 2.08 bits per heavy atom. The minimum atomic E-state index is -0.508. The van der Waals surface area contributed by atoms with E-state index in [0.29, 0.717) is 25.1 Å². The van der Waals surface area contributed by atoms with E-state index in [1.54, 1.807) is 17.2 Å². The Morgan fingerprint density at radius 1 is 1.25 bits per heavy atom. The maximum Gasteiger partial charge on any atom is 0.243 e. The van der Waals surface area contributed by atoms with Crippen LogP contribution in [-0.2, 0) is 22.6 Å². The first-order valence-corrected chi connectivity index (χ1v) is 8.40. The van der Waals surface area contributed by atoms with Gasteiger partial charge in [0.15, 0.2) is 0 Å². The van der Waals surface area contributed by atoms with Crippen LogP contribution in [0, 0.1) is 0 Å². The molecule has 0 radical (unpaired) electrons. The zero-order valence-electron chi connectivity index (χ0n) is 13.8. The van der Waals surface area contributed by atoms with Crippen LogP contribution in [0.1, 0.15) is 37.5 Å². The highest BCUT2D eigenvalue weighted by Crippen LogP contribution is 2.29. The molecule has 1 aliphatic heterocycles. The number of furan rings is 1. The van der Waals surface area contributed by atoms with Crippen molar-refractivity contribution in [3.05, 3.63) is 54.0 Å². The number of anilines is 1. The second-order valence-electron chi connectivity index (χ2n) is 5.97. The quantitative estimate of drug-likeness (QED) is 0.918. The molecule has 1 aromatic heterocycles. The zero-order chi connectivity index (χ0) is 16.9. The predicted molar refractivity (Wildman–Crippen MR) is 91.5 cm³/mol. The van der Waals surface area contributed by atoms with E-state index in [-0.39, 0.29) is 11.8 Å². The van der Waals surface area contributed by atoms with Gasteiger partial charge in [-0.2, -0.15) is 0 Å². The Morgan fingerprint density at radius 3 is 2.83 bits per heavy atom. The summed E-state index contributed by atoms with van der Waals surface area (Å²) in [5, 5.41) is 2.88. The molecule has 5 nitrogen and oxygen atoms in total. The highest BCUT2D eigenvalue weighted by Gasteiger charge is 2.32. The summed E-state index contributed by atoms with van der Waals surface area (Å²) in [6.07, 6.45) is 4.29. The Labute approximate surface area is 141 Å². The summed E-state index contributed by atoms with van der Waals surface area (Å²) < 4.78 is 5.24. The molecule has 1 N–H and O–H groups in total. The molecule has 1 atom stereocenters. The Kier molecular flexibility index (Phi) is 4.99.